The first-order valence-corrected chi connectivity index (χ1v) is 11.2. The number of carbonyl (C=O) groups excluding carboxylic acids is 1. The average molecular weight is 500 g/mol. The van der Waals surface area contributed by atoms with E-state index in [1.54, 1.807) is 26.8 Å². The molecule has 1 aromatic carbocycles. The summed E-state index contributed by atoms with van der Waals surface area (Å²) in [5.74, 6) is 1.54. The molecule has 0 aliphatic carbocycles. The minimum atomic E-state index is -0.640. The zero-order valence-electron chi connectivity index (χ0n) is 17.9. The lowest BCUT2D eigenvalue weighted by atomic mass is 10.2. The smallest absolute Gasteiger partial charge is 0.415 e. The van der Waals surface area contributed by atoms with Gasteiger partial charge in [0.25, 0.3) is 0 Å². The van der Waals surface area contributed by atoms with Crippen molar-refractivity contribution in [1.82, 2.24) is 19.5 Å². The Morgan fingerprint density at radius 2 is 2.03 bits per heavy atom. The second-order valence-electron chi connectivity index (χ2n) is 8.58. The molecule has 0 atom stereocenters. The second kappa shape index (κ2) is 7.77. The van der Waals surface area contributed by atoms with Gasteiger partial charge in [-0.1, -0.05) is 15.9 Å². The summed E-state index contributed by atoms with van der Waals surface area (Å²) in [5, 5.41) is 2.51. The quantitative estimate of drug-likeness (QED) is 0.386. The van der Waals surface area contributed by atoms with Gasteiger partial charge in [0.2, 0.25) is 5.65 Å². The summed E-state index contributed by atoms with van der Waals surface area (Å²) < 4.78 is 19.9. The lowest BCUT2D eigenvalue weighted by Gasteiger charge is -2.18. The van der Waals surface area contributed by atoms with E-state index in [9.17, 15) is 4.79 Å². The van der Waals surface area contributed by atoms with Crippen LogP contribution in [0.4, 0.5) is 10.8 Å². The molecule has 0 saturated carbocycles. The van der Waals surface area contributed by atoms with E-state index < -0.39 is 11.7 Å². The van der Waals surface area contributed by atoms with Gasteiger partial charge < -0.3 is 18.5 Å². The fourth-order valence-electron chi connectivity index (χ4n) is 3.66. The van der Waals surface area contributed by atoms with Crippen molar-refractivity contribution in [3.05, 3.63) is 28.7 Å². The molecule has 0 radical (unpaired) electrons. The van der Waals surface area contributed by atoms with Crippen LogP contribution < -0.4 is 10.1 Å². The number of nitrogens with one attached hydrogen (secondary N) is 1. The third-order valence-electron chi connectivity index (χ3n) is 4.90. The number of aryl methyl sites for hydroxylation is 1. The number of carbonyl (C=O) groups is 1. The zero-order chi connectivity index (χ0) is 22.5. The topological polar surface area (TPSA) is 104 Å². The molecule has 3 aromatic heterocycles. The maximum absolute atomic E-state index is 12.0. The first-order valence-electron chi connectivity index (χ1n) is 10.4. The first-order chi connectivity index (χ1) is 15.3. The molecule has 0 spiro atoms. The molecule has 1 aliphatic heterocycles. The number of imidazole rings is 1. The van der Waals surface area contributed by atoms with Crippen molar-refractivity contribution < 1.29 is 18.7 Å². The summed E-state index contributed by atoms with van der Waals surface area (Å²) in [6.45, 7) is 6.85. The molecular formula is C22H22BrN5O4. The van der Waals surface area contributed by atoms with Gasteiger partial charge >= 0.3 is 12.1 Å². The van der Waals surface area contributed by atoms with Gasteiger partial charge in [-0.25, -0.2) is 20.1 Å². The summed E-state index contributed by atoms with van der Waals surface area (Å²) in [5.41, 5.74) is 2.65. The molecule has 32 heavy (non-hydrogen) atoms. The highest BCUT2D eigenvalue weighted by Crippen LogP contribution is 2.35. The Morgan fingerprint density at radius 3 is 2.84 bits per heavy atom. The van der Waals surface area contributed by atoms with Crippen molar-refractivity contribution in [2.75, 3.05) is 11.9 Å². The monoisotopic (exact) mass is 499 g/mol. The summed E-state index contributed by atoms with van der Waals surface area (Å²) in [4.78, 5) is 25.8. The van der Waals surface area contributed by atoms with Crippen LogP contribution in [0.5, 0.6) is 5.75 Å². The van der Waals surface area contributed by atoms with Gasteiger partial charge in [0.15, 0.2) is 11.4 Å². The van der Waals surface area contributed by atoms with Crippen LogP contribution in [0, 0.1) is 0 Å². The number of pyridine rings is 1. The van der Waals surface area contributed by atoms with Crippen LogP contribution in [0.2, 0.25) is 0 Å². The van der Waals surface area contributed by atoms with Gasteiger partial charge in [-0.15, -0.1) is 0 Å². The molecule has 9 nitrogen and oxygen atoms in total. The Balaban J connectivity index is 1.54. The van der Waals surface area contributed by atoms with Gasteiger partial charge in [-0.2, -0.15) is 4.98 Å². The van der Waals surface area contributed by atoms with Gasteiger partial charge in [-0.3, -0.25) is 0 Å². The molecule has 1 aliphatic rings. The number of ether oxygens (including phenoxy) is 2. The van der Waals surface area contributed by atoms with E-state index in [0.29, 0.717) is 23.5 Å². The summed E-state index contributed by atoms with van der Waals surface area (Å²) in [6, 6.07) is 7.58. The van der Waals surface area contributed by atoms with Gasteiger partial charge in [0.05, 0.1) is 12.1 Å². The lowest BCUT2D eigenvalue weighted by molar-refractivity contribution is 0.0632. The van der Waals surface area contributed by atoms with Gasteiger partial charge in [0, 0.05) is 11.0 Å². The Hall–Kier alpha value is -3.14. The summed E-state index contributed by atoms with van der Waals surface area (Å²) in [7, 11) is 0. The van der Waals surface area contributed by atoms with Crippen LogP contribution in [-0.2, 0) is 11.3 Å². The SMILES string of the molecule is CC(C)(C)OC(=O)Nc1nc2nc(-c3nc4cc(Br)cc5c4n3CCCCO5)ccc2o1. The van der Waals surface area contributed by atoms with E-state index in [2.05, 4.69) is 35.8 Å². The molecule has 1 N–H and O–H groups in total. The molecule has 5 rings (SSSR count). The minimum absolute atomic E-state index is 0.0291. The van der Waals surface area contributed by atoms with Crippen molar-refractivity contribution in [2.45, 2.75) is 45.8 Å². The highest BCUT2D eigenvalue weighted by molar-refractivity contribution is 9.10. The number of rotatable bonds is 2. The number of amides is 1. The maximum atomic E-state index is 12.0. The number of hydrogen-bond donors (Lipinski definition) is 1. The summed E-state index contributed by atoms with van der Waals surface area (Å²) >= 11 is 3.54. The van der Waals surface area contributed by atoms with E-state index in [4.69, 9.17) is 18.9 Å². The largest absolute Gasteiger partial charge is 0.491 e. The summed E-state index contributed by atoms with van der Waals surface area (Å²) in [6.07, 6.45) is 1.30. The van der Waals surface area contributed by atoms with Crippen molar-refractivity contribution >= 4 is 50.3 Å². The molecule has 0 saturated heterocycles. The standard InChI is InChI=1S/C22H22BrN5O4/c1-22(2,3)32-21(29)27-20-26-18-15(31-20)7-6-13(24-18)19-25-14-10-12(23)11-16-17(14)28(19)8-4-5-9-30-16/h6-7,10-11H,4-5,8-9H2,1-3H3,(H,24,26,27,29). The lowest BCUT2D eigenvalue weighted by Crippen LogP contribution is -2.27. The molecule has 10 heteroatoms. The molecule has 4 aromatic rings. The Morgan fingerprint density at radius 1 is 1.19 bits per heavy atom. The number of anilines is 1. The van der Waals surface area contributed by atoms with E-state index in [1.807, 2.05) is 18.2 Å². The van der Waals surface area contributed by atoms with Crippen LogP contribution in [0.3, 0.4) is 0 Å². The number of halogens is 1. The third-order valence-corrected chi connectivity index (χ3v) is 5.35. The highest BCUT2D eigenvalue weighted by Gasteiger charge is 2.22. The van der Waals surface area contributed by atoms with Crippen LogP contribution in [-0.4, -0.2) is 37.8 Å². The number of benzene rings is 1. The fourth-order valence-corrected chi connectivity index (χ4v) is 4.09. The fraction of sp³-hybridized carbons (Fsp3) is 0.364. The van der Waals surface area contributed by atoms with E-state index in [0.717, 1.165) is 46.5 Å². The zero-order valence-corrected chi connectivity index (χ0v) is 19.5. The normalized spacial score (nSPS) is 14.1. The van der Waals surface area contributed by atoms with Gasteiger partial charge in [-0.05, 0) is 57.9 Å². The Labute approximate surface area is 192 Å². The van der Waals surface area contributed by atoms with Crippen LogP contribution in [0.15, 0.2) is 33.2 Å². The van der Waals surface area contributed by atoms with E-state index in [-0.39, 0.29) is 6.01 Å². The third kappa shape index (κ3) is 4.02. The molecule has 166 valence electrons. The predicted molar refractivity (Wildman–Crippen MR) is 123 cm³/mol. The van der Waals surface area contributed by atoms with Crippen molar-refractivity contribution in [2.24, 2.45) is 0 Å². The first kappa shape index (κ1) is 20.7. The molecule has 0 fully saturated rings. The molecular weight excluding hydrogens is 478 g/mol. The van der Waals surface area contributed by atoms with Crippen molar-refractivity contribution in [3.63, 3.8) is 0 Å². The number of aromatic nitrogens is 4. The number of nitrogens with zero attached hydrogens (tertiary/aromatic N) is 4. The number of fused-ring (bicyclic) bond motifs is 1. The molecule has 0 unspecified atom stereocenters. The predicted octanol–water partition coefficient (Wildman–Crippen LogP) is 5.52. The number of hydrogen-bond acceptors (Lipinski definition) is 7. The number of oxazole rings is 1. The maximum Gasteiger partial charge on any atom is 0.415 e. The second-order valence-corrected chi connectivity index (χ2v) is 9.49. The van der Waals surface area contributed by atoms with Crippen LogP contribution in [0.1, 0.15) is 33.6 Å². The molecule has 4 heterocycles. The van der Waals surface area contributed by atoms with Crippen LogP contribution >= 0.6 is 15.9 Å². The van der Waals surface area contributed by atoms with Crippen LogP contribution in [0.25, 0.3) is 33.8 Å². The Bertz CT molecular complexity index is 1340. The van der Waals surface area contributed by atoms with Crippen molar-refractivity contribution in [3.8, 4) is 17.3 Å². The Kier molecular flexibility index (Phi) is 5.04. The van der Waals surface area contributed by atoms with E-state index >= 15 is 0 Å². The highest BCUT2D eigenvalue weighted by atomic mass is 79.9. The van der Waals surface area contributed by atoms with E-state index in [1.165, 1.54) is 0 Å². The molecule has 0 bridgehead atoms. The minimum Gasteiger partial charge on any atom is -0.491 e. The van der Waals surface area contributed by atoms with Gasteiger partial charge in [0.1, 0.15) is 22.6 Å². The van der Waals surface area contributed by atoms with Crippen molar-refractivity contribution in [1.29, 1.82) is 0 Å². The molecule has 1 amide bonds. The average Bonchev–Trinajstić information content (AvgIpc) is 3.23.